The lowest BCUT2D eigenvalue weighted by atomic mass is 10.1. The highest BCUT2D eigenvalue weighted by Crippen LogP contribution is 2.23. The first-order chi connectivity index (χ1) is 12.3. The normalized spacial score (nSPS) is 11.6. The molecule has 0 aliphatic rings. The minimum absolute atomic E-state index is 0.292. The van der Waals surface area contributed by atoms with Crippen LogP contribution in [0.3, 0.4) is 0 Å². The maximum atomic E-state index is 12.4. The van der Waals surface area contributed by atoms with Crippen molar-refractivity contribution in [2.24, 2.45) is 0 Å². The molecule has 6 heteroatoms. The predicted molar refractivity (Wildman–Crippen MR) is 102 cm³/mol. The molecule has 1 N–H and O–H groups in total. The SMILES string of the molecule is CCOC(=O)c1cccc(NC(=O)[C@@H](C)Oc2ccc(Cl)c(C)c2)c1C. The van der Waals surface area contributed by atoms with Gasteiger partial charge >= 0.3 is 5.97 Å². The number of ether oxygens (including phenoxy) is 2. The van der Waals surface area contributed by atoms with E-state index in [1.807, 2.05) is 6.92 Å². The van der Waals surface area contributed by atoms with E-state index in [1.165, 1.54) is 0 Å². The Balaban J connectivity index is 2.10. The third-order valence-electron chi connectivity index (χ3n) is 3.90. The number of carbonyl (C=O) groups is 2. The van der Waals surface area contributed by atoms with Crippen molar-refractivity contribution in [2.45, 2.75) is 33.8 Å². The van der Waals surface area contributed by atoms with Crippen molar-refractivity contribution in [2.75, 3.05) is 11.9 Å². The highest BCUT2D eigenvalue weighted by Gasteiger charge is 2.18. The van der Waals surface area contributed by atoms with Crippen LogP contribution < -0.4 is 10.1 Å². The molecule has 0 saturated carbocycles. The molecule has 0 unspecified atom stereocenters. The summed E-state index contributed by atoms with van der Waals surface area (Å²) >= 11 is 5.99. The Morgan fingerprint density at radius 3 is 2.58 bits per heavy atom. The van der Waals surface area contributed by atoms with Crippen LogP contribution in [0.2, 0.25) is 5.02 Å². The molecule has 2 aromatic rings. The van der Waals surface area contributed by atoms with Crippen LogP contribution in [-0.4, -0.2) is 24.6 Å². The Kier molecular flexibility index (Phi) is 6.64. The van der Waals surface area contributed by atoms with Gasteiger partial charge in [0.2, 0.25) is 0 Å². The number of anilines is 1. The minimum atomic E-state index is -0.721. The van der Waals surface area contributed by atoms with E-state index in [-0.39, 0.29) is 5.91 Å². The Bertz CT molecular complexity index is 819. The summed E-state index contributed by atoms with van der Waals surface area (Å²) in [4.78, 5) is 24.4. The fraction of sp³-hybridized carbons (Fsp3) is 0.300. The third kappa shape index (κ3) is 4.76. The van der Waals surface area contributed by atoms with Crippen molar-refractivity contribution < 1.29 is 19.1 Å². The van der Waals surface area contributed by atoms with Gasteiger partial charge in [-0.2, -0.15) is 0 Å². The molecule has 2 aromatic carbocycles. The molecule has 1 atom stereocenters. The molecule has 2 rings (SSSR count). The molecule has 0 spiro atoms. The molecule has 0 heterocycles. The number of nitrogens with one attached hydrogen (secondary N) is 1. The van der Waals surface area contributed by atoms with Crippen LogP contribution in [0, 0.1) is 13.8 Å². The van der Waals surface area contributed by atoms with E-state index in [2.05, 4.69) is 5.32 Å². The maximum absolute atomic E-state index is 12.4. The second kappa shape index (κ2) is 8.72. The molecule has 1 amide bonds. The molecule has 0 fully saturated rings. The van der Waals surface area contributed by atoms with Crippen molar-refractivity contribution >= 4 is 29.2 Å². The zero-order valence-electron chi connectivity index (χ0n) is 15.3. The summed E-state index contributed by atoms with van der Waals surface area (Å²) in [7, 11) is 0. The van der Waals surface area contributed by atoms with Crippen LogP contribution in [0.4, 0.5) is 5.69 Å². The van der Waals surface area contributed by atoms with Crippen molar-refractivity contribution in [3.8, 4) is 5.75 Å². The van der Waals surface area contributed by atoms with Gasteiger partial charge in [0.1, 0.15) is 5.75 Å². The van der Waals surface area contributed by atoms with Gasteiger partial charge in [-0.25, -0.2) is 4.79 Å². The van der Waals surface area contributed by atoms with Gasteiger partial charge in [0.15, 0.2) is 6.10 Å². The number of carbonyl (C=O) groups excluding carboxylic acids is 2. The first-order valence-electron chi connectivity index (χ1n) is 8.34. The number of aryl methyl sites for hydroxylation is 1. The lowest BCUT2D eigenvalue weighted by molar-refractivity contribution is -0.122. The average molecular weight is 376 g/mol. The molecule has 0 aliphatic carbocycles. The Morgan fingerprint density at radius 1 is 1.19 bits per heavy atom. The van der Waals surface area contributed by atoms with Crippen LogP contribution >= 0.6 is 11.6 Å². The molecule has 0 aliphatic heterocycles. The van der Waals surface area contributed by atoms with Gasteiger partial charge in [-0.15, -0.1) is 0 Å². The van der Waals surface area contributed by atoms with Gasteiger partial charge in [0, 0.05) is 10.7 Å². The smallest absolute Gasteiger partial charge is 0.338 e. The molecule has 26 heavy (non-hydrogen) atoms. The molecule has 0 aromatic heterocycles. The number of rotatable bonds is 6. The summed E-state index contributed by atoms with van der Waals surface area (Å²) in [5.41, 5.74) is 2.48. The first kappa shape index (κ1) is 19.8. The second-order valence-corrected chi connectivity index (χ2v) is 6.27. The van der Waals surface area contributed by atoms with Crippen molar-refractivity contribution in [1.29, 1.82) is 0 Å². The van der Waals surface area contributed by atoms with Crippen molar-refractivity contribution in [3.05, 3.63) is 58.1 Å². The summed E-state index contributed by atoms with van der Waals surface area (Å²) in [5, 5.41) is 3.44. The van der Waals surface area contributed by atoms with Crippen LogP contribution in [0.15, 0.2) is 36.4 Å². The first-order valence-corrected chi connectivity index (χ1v) is 8.71. The molecule has 0 bridgehead atoms. The molecule has 5 nitrogen and oxygen atoms in total. The number of benzene rings is 2. The number of amides is 1. The monoisotopic (exact) mass is 375 g/mol. The van der Waals surface area contributed by atoms with E-state index in [0.717, 1.165) is 5.56 Å². The summed E-state index contributed by atoms with van der Waals surface area (Å²) < 4.78 is 10.7. The van der Waals surface area contributed by atoms with Gasteiger partial charge in [0.05, 0.1) is 12.2 Å². The van der Waals surface area contributed by atoms with Gasteiger partial charge < -0.3 is 14.8 Å². The maximum Gasteiger partial charge on any atom is 0.338 e. The van der Waals surface area contributed by atoms with Crippen LogP contribution in [0.25, 0.3) is 0 Å². The lowest BCUT2D eigenvalue weighted by Crippen LogP contribution is -2.30. The highest BCUT2D eigenvalue weighted by molar-refractivity contribution is 6.31. The largest absolute Gasteiger partial charge is 0.481 e. The number of halogens is 1. The minimum Gasteiger partial charge on any atom is -0.481 e. The lowest BCUT2D eigenvalue weighted by Gasteiger charge is -2.17. The van der Waals surface area contributed by atoms with Gasteiger partial charge in [-0.3, -0.25) is 4.79 Å². The van der Waals surface area contributed by atoms with E-state index < -0.39 is 12.1 Å². The molecular weight excluding hydrogens is 354 g/mol. The average Bonchev–Trinajstić information content (AvgIpc) is 2.60. The molecule has 0 radical (unpaired) electrons. The summed E-state index contributed by atoms with van der Waals surface area (Å²) in [6.45, 7) is 7.32. The standard InChI is InChI=1S/C20H22ClNO4/c1-5-25-20(24)16-7-6-8-18(13(16)3)22-19(23)14(4)26-15-9-10-17(21)12(2)11-15/h6-11,14H,5H2,1-4H3,(H,22,23)/t14-/m1/s1. The highest BCUT2D eigenvalue weighted by atomic mass is 35.5. The summed E-state index contributed by atoms with van der Waals surface area (Å²) in [5.74, 6) is -0.171. The molecule has 0 saturated heterocycles. The number of hydrogen-bond donors (Lipinski definition) is 1. The summed E-state index contributed by atoms with van der Waals surface area (Å²) in [6.07, 6.45) is -0.721. The fourth-order valence-corrected chi connectivity index (χ4v) is 2.50. The van der Waals surface area contributed by atoms with Crippen molar-refractivity contribution in [1.82, 2.24) is 0 Å². The third-order valence-corrected chi connectivity index (χ3v) is 4.32. The van der Waals surface area contributed by atoms with E-state index in [9.17, 15) is 9.59 Å². The fourth-order valence-electron chi connectivity index (χ4n) is 2.38. The zero-order valence-corrected chi connectivity index (χ0v) is 16.0. The quantitative estimate of drug-likeness (QED) is 0.753. The van der Waals surface area contributed by atoms with Crippen LogP contribution in [0.5, 0.6) is 5.75 Å². The van der Waals surface area contributed by atoms with E-state index in [0.29, 0.717) is 34.2 Å². The van der Waals surface area contributed by atoms with Gasteiger partial charge in [-0.05, 0) is 69.2 Å². The van der Waals surface area contributed by atoms with Crippen LogP contribution in [0.1, 0.15) is 35.3 Å². The number of esters is 1. The topological polar surface area (TPSA) is 64.6 Å². The number of hydrogen-bond acceptors (Lipinski definition) is 4. The molecular formula is C20H22ClNO4. The predicted octanol–water partition coefficient (Wildman–Crippen LogP) is 4.54. The van der Waals surface area contributed by atoms with E-state index in [1.54, 1.807) is 57.2 Å². The Morgan fingerprint density at radius 2 is 1.92 bits per heavy atom. The molecule has 138 valence electrons. The van der Waals surface area contributed by atoms with E-state index >= 15 is 0 Å². The second-order valence-electron chi connectivity index (χ2n) is 5.86. The van der Waals surface area contributed by atoms with Gasteiger partial charge in [-0.1, -0.05) is 17.7 Å². The van der Waals surface area contributed by atoms with E-state index in [4.69, 9.17) is 21.1 Å². The Hall–Kier alpha value is -2.53. The van der Waals surface area contributed by atoms with Crippen LogP contribution in [-0.2, 0) is 9.53 Å². The Labute approximate surface area is 158 Å². The zero-order chi connectivity index (χ0) is 19.3. The summed E-state index contributed by atoms with van der Waals surface area (Å²) in [6, 6.07) is 10.3. The van der Waals surface area contributed by atoms with Crippen molar-refractivity contribution in [3.63, 3.8) is 0 Å². The van der Waals surface area contributed by atoms with Gasteiger partial charge in [0.25, 0.3) is 5.91 Å².